The number of hydrogen-bond donors (Lipinski definition) is 0. The quantitative estimate of drug-likeness (QED) is 0.492. The highest BCUT2D eigenvalue weighted by atomic mass is 14.9. The highest BCUT2D eigenvalue weighted by Gasteiger charge is 2.09. The van der Waals surface area contributed by atoms with Crippen LogP contribution in [0.4, 0.5) is 0 Å². The summed E-state index contributed by atoms with van der Waals surface area (Å²) in [5, 5.41) is 0. The maximum Gasteiger partial charge on any atom is 0.0950 e. The Morgan fingerprint density at radius 3 is 2.55 bits per heavy atom. The molecule has 0 saturated carbocycles. The third kappa shape index (κ3) is 1.62. The molecule has 0 radical (unpaired) electrons. The van der Waals surface area contributed by atoms with Crippen molar-refractivity contribution in [3.8, 4) is 11.3 Å². The predicted molar refractivity (Wildman–Crippen MR) is 82.9 cm³/mol. The largest absolute Gasteiger partial charge is 0.313 e. The number of aryl methyl sites for hydroxylation is 1. The van der Waals surface area contributed by atoms with Crippen molar-refractivity contribution in [1.29, 1.82) is 0 Å². The molecule has 2 heterocycles. The van der Waals surface area contributed by atoms with Crippen LogP contribution < -0.4 is 0 Å². The van der Waals surface area contributed by atoms with Gasteiger partial charge >= 0.3 is 0 Å². The molecule has 2 heteroatoms. The Balaban J connectivity index is 2.16. The van der Waals surface area contributed by atoms with Gasteiger partial charge in [0.2, 0.25) is 0 Å². The first kappa shape index (κ1) is 11.2. The Morgan fingerprint density at radius 2 is 1.70 bits per heavy atom. The zero-order valence-corrected chi connectivity index (χ0v) is 11.2. The zero-order chi connectivity index (χ0) is 13.5. The van der Waals surface area contributed by atoms with Gasteiger partial charge in [-0.25, -0.2) is 4.98 Å². The summed E-state index contributed by atoms with van der Waals surface area (Å²) in [6.45, 7) is 2.10. The summed E-state index contributed by atoms with van der Waals surface area (Å²) in [4.78, 5) is 4.89. The summed E-state index contributed by atoms with van der Waals surface area (Å²) in [5.41, 5.74) is 6.75. The Kier molecular flexibility index (Phi) is 2.36. The molecular formula is C18H14N2. The molecular weight excluding hydrogens is 244 g/mol. The number of aromatic nitrogens is 2. The molecule has 96 valence electrons. The van der Waals surface area contributed by atoms with Gasteiger partial charge in [-0.2, -0.15) is 0 Å². The highest BCUT2D eigenvalue weighted by molar-refractivity contribution is 5.87. The summed E-state index contributed by atoms with van der Waals surface area (Å²) in [6.07, 6.45) is 2.10. The zero-order valence-electron chi connectivity index (χ0n) is 11.2. The first-order chi connectivity index (χ1) is 9.83. The van der Waals surface area contributed by atoms with E-state index < -0.39 is 0 Å². The van der Waals surface area contributed by atoms with Crippen LogP contribution in [0.2, 0.25) is 0 Å². The smallest absolute Gasteiger partial charge is 0.0950 e. The Labute approximate surface area is 117 Å². The lowest BCUT2D eigenvalue weighted by Gasteiger charge is -2.09. The average molecular weight is 258 g/mol. The van der Waals surface area contributed by atoms with E-state index in [1.807, 2.05) is 6.07 Å². The number of rotatable bonds is 1. The maximum absolute atomic E-state index is 4.89. The molecule has 0 aliphatic heterocycles. The summed E-state index contributed by atoms with van der Waals surface area (Å²) >= 11 is 0. The Bertz CT molecular complexity index is 905. The second kappa shape index (κ2) is 4.20. The lowest BCUT2D eigenvalue weighted by Crippen LogP contribution is -1.94. The van der Waals surface area contributed by atoms with Crippen molar-refractivity contribution in [2.24, 2.45) is 0 Å². The number of fused-ring (bicyclic) bond motifs is 3. The van der Waals surface area contributed by atoms with Crippen molar-refractivity contribution in [3.05, 3.63) is 72.4 Å². The molecule has 0 spiro atoms. The van der Waals surface area contributed by atoms with Crippen LogP contribution in [-0.4, -0.2) is 9.38 Å². The minimum absolute atomic E-state index is 1.03. The summed E-state index contributed by atoms with van der Waals surface area (Å²) in [7, 11) is 0. The third-order valence-electron chi connectivity index (χ3n) is 3.66. The van der Waals surface area contributed by atoms with Crippen molar-refractivity contribution >= 4 is 16.6 Å². The molecule has 2 aromatic carbocycles. The molecule has 2 nitrogen and oxygen atoms in total. The Morgan fingerprint density at radius 1 is 0.850 bits per heavy atom. The van der Waals surface area contributed by atoms with Gasteiger partial charge in [0, 0.05) is 11.8 Å². The van der Waals surface area contributed by atoms with Gasteiger partial charge in [-0.15, -0.1) is 0 Å². The van der Waals surface area contributed by atoms with E-state index in [4.69, 9.17) is 4.98 Å². The van der Waals surface area contributed by atoms with E-state index in [2.05, 4.69) is 72.1 Å². The van der Waals surface area contributed by atoms with Gasteiger partial charge in [0.15, 0.2) is 0 Å². The molecule has 4 rings (SSSR count). The fourth-order valence-corrected chi connectivity index (χ4v) is 2.70. The molecule has 0 saturated heterocycles. The van der Waals surface area contributed by atoms with E-state index in [0.29, 0.717) is 0 Å². The predicted octanol–water partition coefficient (Wildman–Crippen LogP) is 4.46. The van der Waals surface area contributed by atoms with Gasteiger partial charge in [0.1, 0.15) is 0 Å². The summed E-state index contributed by atoms with van der Waals surface area (Å²) < 4.78 is 2.21. The summed E-state index contributed by atoms with van der Waals surface area (Å²) in [6, 6.07) is 21.0. The van der Waals surface area contributed by atoms with E-state index >= 15 is 0 Å². The van der Waals surface area contributed by atoms with E-state index in [9.17, 15) is 0 Å². The molecule has 0 fully saturated rings. The molecule has 0 N–H and O–H groups in total. The van der Waals surface area contributed by atoms with Gasteiger partial charge in [-0.3, -0.25) is 0 Å². The van der Waals surface area contributed by atoms with Gasteiger partial charge in [-0.1, -0.05) is 36.4 Å². The SMILES string of the molecule is Cc1ccc2c(c1)nc(-c1ccccc1)c1cccn12. The molecule has 0 atom stereocenters. The van der Waals surface area contributed by atoms with Crippen LogP contribution in [-0.2, 0) is 0 Å². The van der Waals surface area contributed by atoms with Crippen LogP contribution in [0.1, 0.15) is 5.56 Å². The molecule has 2 aromatic heterocycles. The van der Waals surface area contributed by atoms with Gasteiger partial charge in [0.25, 0.3) is 0 Å². The third-order valence-corrected chi connectivity index (χ3v) is 3.66. The molecule has 0 amide bonds. The van der Waals surface area contributed by atoms with Crippen molar-refractivity contribution < 1.29 is 0 Å². The van der Waals surface area contributed by atoms with Gasteiger partial charge in [0.05, 0.1) is 22.2 Å². The van der Waals surface area contributed by atoms with Crippen LogP contribution >= 0.6 is 0 Å². The summed E-state index contributed by atoms with van der Waals surface area (Å²) in [5.74, 6) is 0. The molecule has 4 aromatic rings. The topological polar surface area (TPSA) is 17.3 Å². The molecule has 20 heavy (non-hydrogen) atoms. The molecule has 0 bridgehead atoms. The highest BCUT2D eigenvalue weighted by Crippen LogP contribution is 2.27. The molecule has 0 unspecified atom stereocenters. The van der Waals surface area contributed by atoms with E-state index in [0.717, 1.165) is 27.8 Å². The van der Waals surface area contributed by atoms with E-state index in [-0.39, 0.29) is 0 Å². The molecule has 0 aliphatic rings. The van der Waals surface area contributed by atoms with Crippen LogP contribution in [0.5, 0.6) is 0 Å². The van der Waals surface area contributed by atoms with Crippen molar-refractivity contribution in [1.82, 2.24) is 9.38 Å². The van der Waals surface area contributed by atoms with Crippen LogP contribution in [0, 0.1) is 6.92 Å². The minimum atomic E-state index is 1.03. The van der Waals surface area contributed by atoms with Crippen LogP contribution in [0.15, 0.2) is 66.9 Å². The fourth-order valence-electron chi connectivity index (χ4n) is 2.70. The minimum Gasteiger partial charge on any atom is -0.313 e. The number of hydrogen-bond acceptors (Lipinski definition) is 1. The monoisotopic (exact) mass is 258 g/mol. The first-order valence-corrected chi connectivity index (χ1v) is 6.76. The first-order valence-electron chi connectivity index (χ1n) is 6.76. The van der Waals surface area contributed by atoms with Crippen LogP contribution in [0.25, 0.3) is 27.8 Å². The average Bonchev–Trinajstić information content (AvgIpc) is 2.96. The van der Waals surface area contributed by atoms with Crippen molar-refractivity contribution in [3.63, 3.8) is 0 Å². The lowest BCUT2D eigenvalue weighted by molar-refractivity contribution is 1.22. The fraction of sp³-hybridized carbons (Fsp3) is 0.0556. The molecule has 0 aliphatic carbocycles. The van der Waals surface area contributed by atoms with E-state index in [1.54, 1.807) is 0 Å². The number of benzene rings is 2. The van der Waals surface area contributed by atoms with Gasteiger partial charge < -0.3 is 4.40 Å². The maximum atomic E-state index is 4.89. The Hall–Kier alpha value is -2.61. The van der Waals surface area contributed by atoms with Gasteiger partial charge in [-0.05, 0) is 36.8 Å². The second-order valence-electron chi connectivity index (χ2n) is 5.08. The number of nitrogens with zero attached hydrogens (tertiary/aromatic N) is 2. The van der Waals surface area contributed by atoms with Crippen LogP contribution in [0.3, 0.4) is 0 Å². The van der Waals surface area contributed by atoms with Crippen molar-refractivity contribution in [2.45, 2.75) is 6.92 Å². The lowest BCUT2D eigenvalue weighted by atomic mass is 10.1. The standard InChI is InChI=1S/C18H14N2/c1-13-9-10-16-15(12-13)19-18(14-6-3-2-4-7-14)17-8-5-11-20(16)17/h2-12H,1H3. The van der Waals surface area contributed by atoms with E-state index in [1.165, 1.54) is 5.56 Å². The second-order valence-corrected chi connectivity index (χ2v) is 5.08. The van der Waals surface area contributed by atoms with Crippen molar-refractivity contribution in [2.75, 3.05) is 0 Å². The normalized spacial score (nSPS) is 11.2.